The van der Waals surface area contributed by atoms with E-state index in [9.17, 15) is 0 Å². The van der Waals surface area contributed by atoms with Gasteiger partial charge in [-0.25, -0.2) is 0 Å². The molecule has 160 valence electrons. The lowest BCUT2D eigenvalue weighted by Gasteiger charge is -2.55. The van der Waals surface area contributed by atoms with Gasteiger partial charge in [0, 0.05) is 0 Å². The van der Waals surface area contributed by atoms with Crippen molar-refractivity contribution in [3.63, 3.8) is 0 Å². The smallest absolute Gasteiger partial charge is 0.0264 e. The molecule has 0 heterocycles. The Kier molecular flexibility index (Phi) is 8.76. The Labute approximate surface area is 172 Å². The minimum atomic E-state index is 0.695. The van der Waals surface area contributed by atoms with Gasteiger partial charge in [-0.15, -0.1) is 0 Å². The molecule has 0 aromatic rings. The molecule has 0 saturated heterocycles. The van der Waals surface area contributed by atoms with Crippen molar-refractivity contribution in [1.29, 1.82) is 0 Å². The molecule has 4 rings (SSSR count). The zero-order valence-electron chi connectivity index (χ0n) is 20.2. The molecular weight excluding hydrogens is 324 g/mol. The molecule has 0 bridgehead atoms. The van der Waals surface area contributed by atoms with E-state index in [1.165, 1.54) is 19.3 Å². The molecule has 4 aliphatic carbocycles. The van der Waals surface area contributed by atoms with Gasteiger partial charge in [0.1, 0.15) is 0 Å². The first-order valence-corrected chi connectivity index (χ1v) is 13.0. The minimum absolute atomic E-state index is 0.695. The van der Waals surface area contributed by atoms with Gasteiger partial charge in [-0.2, -0.15) is 0 Å². The molecule has 0 aliphatic heterocycles. The molecule has 8 unspecified atom stereocenters. The second kappa shape index (κ2) is 10.2. The highest BCUT2D eigenvalue weighted by atomic mass is 14.6. The number of rotatable bonds is 1. The van der Waals surface area contributed by atoms with Gasteiger partial charge < -0.3 is 0 Å². The highest BCUT2D eigenvalue weighted by Gasteiger charge is 2.56. The van der Waals surface area contributed by atoms with Gasteiger partial charge in [-0.1, -0.05) is 68.2 Å². The minimum Gasteiger partial charge on any atom is -0.0683 e. The van der Waals surface area contributed by atoms with Crippen molar-refractivity contribution in [2.24, 2.45) is 52.8 Å². The third kappa shape index (κ3) is 4.45. The van der Waals surface area contributed by atoms with Crippen LogP contribution < -0.4 is 0 Å². The van der Waals surface area contributed by atoms with E-state index in [1.54, 1.807) is 44.9 Å². The van der Waals surface area contributed by atoms with Gasteiger partial charge in [0.25, 0.3) is 0 Å². The topological polar surface area (TPSA) is 0 Å². The molecule has 8 atom stereocenters. The maximum absolute atomic E-state index is 2.70. The predicted molar refractivity (Wildman–Crippen MR) is 122 cm³/mol. The van der Waals surface area contributed by atoms with Crippen molar-refractivity contribution in [3.05, 3.63) is 0 Å². The summed E-state index contributed by atoms with van der Waals surface area (Å²) in [6, 6.07) is 0. The van der Waals surface area contributed by atoms with Crippen molar-refractivity contribution >= 4 is 0 Å². The van der Waals surface area contributed by atoms with Crippen molar-refractivity contribution in [2.75, 3.05) is 0 Å². The molecule has 4 fully saturated rings. The molecule has 27 heavy (non-hydrogen) atoms. The average molecular weight is 377 g/mol. The summed E-state index contributed by atoms with van der Waals surface area (Å²) < 4.78 is 0. The van der Waals surface area contributed by atoms with E-state index in [0.29, 0.717) is 5.41 Å². The first kappa shape index (κ1) is 23.3. The molecular formula is C27H52. The Balaban J connectivity index is 0.000000614. The highest BCUT2D eigenvalue weighted by Crippen LogP contribution is 2.65. The predicted octanol–water partition coefficient (Wildman–Crippen LogP) is 8.99. The molecule has 0 aromatic carbocycles. The summed E-state index contributed by atoms with van der Waals surface area (Å²) >= 11 is 0. The van der Waals surface area contributed by atoms with Crippen molar-refractivity contribution < 1.29 is 0 Å². The Morgan fingerprint density at radius 2 is 1.44 bits per heavy atom. The van der Waals surface area contributed by atoms with Crippen LogP contribution in [0, 0.1) is 52.8 Å². The van der Waals surface area contributed by atoms with Crippen LogP contribution in [0.3, 0.4) is 0 Å². The number of hydrogen-bond acceptors (Lipinski definition) is 0. The van der Waals surface area contributed by atoms with Crippen molar-refractivity contribution in [3.8, 4) is 0 Å². The summed E-state index contributed by atoms with van der Waals surface area (Å²) in [4.78, 5) is 0. The van der Waals surface area contributed by atoms with Crippen LogP contribution in [0.5, 0.6) is 0 Å². The number of hydrogen-bond donors (Lipinski definition) is 0. The van der Waals surface area contributed by atoms with Gasteiger partial charge in [0.15, 0.2) is 0 Å². The molecule has 0 radical (unpaired) electrons. The summed E-state index contributed by atoms with van der Waals surface area (Å²) in [5.74, 6) is 8.43. The maximum atomic E-state index is 2.70. The fraction of sp³-hybridized carbons (Fsp3) is 1.00. The lowest BCUT2D eigenvalue weighted by Crippen LogP contribution is -2.47. The molecule has 4 saturated carbocycles. The van der Waals surface area contributed by atoms with Gasteiger partial charge in [0.2, 0.25) is 0 Å². The summed E-state index contributed by atoms with van der Waals surface area (Å²) in [6.45, 7) is 18.2. The Morgan fingerprint density at radius 1 is 0.741 bits per heavy atom. The standard InChI is InChI=1S/C23H40.2C2H6/c1-15(2)21-10-11-22-20-9-8-17-14-16(3)6-5-7-18(17)19(20)12-13-23(21,22)4;2*1-2/h15-22H,5-14H2,1-4H3;2*1-2H3. The van der Waals surface area contributed by atoms with Crippen LogP contribution in [-0.4, -0.2) is 0 Å². The van der Waals surface area contributed by atoms with E-state index in [0.717, 1.165) is 47.3 Å². The van der Waals surface area contributed by atoms with Crippen molar-refractivity contribution in [2.45, 2.75) is 120 Å². The van der Waals surface area contributed by atoms with E-state index >= 15 is 0 Å². The van der Waals surface area contributed by atoms with Crippen LogP contribution in [-0.2, 0) is 0 Å². The molecule has 0 N–H and O–H groups in total. The van der Waals surface area contributed by atoms with Gasteiger partial charge in [-0.05, 0) is 104 Å². The first-order chi connectivity index (χ1) is 13.0. The molecule has 4 aliphatic rings. The monoisotopic (exact) mass is 376 g/mol. The zero-order valence-corrected chi connectivity index (χ0v) is 20.2. The Bertz CT molecular complexity index is 424. The van der Waals surface area contributed by atoms with E-state index in [4.69, 9.17) is 0 Å². The molecule has 0 amide bonds. The zero-order chi connectivity index (χ0) is 20.2. The van der Waals surface area contributed by atoms with Crippen LogP contribution in [0.2, 0.25) is 0 Å². The van der Waals surface area contributed by atoms with E-state index in [-0.39, 0.29) is 0 Å². The molecule has 0 aromatic heterocycles. The summed E-state index contributed by atoms with van der Waals surface area (Å²) in [5, 5.41) is 0. The van der Waals surface area contributed by atoms with Crippen LogP contribution in [0.1, 0.15) is 120 Å². The van der Waals surface area contributed by atoms with Crippen LogP contribution >= 0.6 is 0 Å². The van der Waals surface area contributed by atoms with Crippen LogP contribution in [0.4, 0.5) is 0 Å². The third-order valence-electron chi connectivity index (χ3n) is 9.34. The Hall–Kier alpha value is 0. The fourth-order valence-corrected chi connectivity index (χ4v) is 8.45. The summed E-state index contributed by atoms with van der Waals surface area (Å²) in [6.07, 6.45) is 15.6. The Morgan fingerprint density at radius 3 is 2.11 bits per heavy atom. The normalized spacial score (nSPS) is 45.9. The van der Waals surface area contributed by atoms with E-state index in [2.05, 4.69) is 27.7 Å². The first-order valence-electron chi connectivity index (χ1n) is 13.0. The molecule has 0 spiro atoms. The second-order valence-corrected chi connectivity index (χ2v) is 10.7. The average Bonchev–Trinajstić information content (AvgIpc) is 2.92. The van der Waals surface area contributed by atoms with Gasteiger partial charge >= 0.3 is 0 Å². The van der Waals surface area contributed by atoms with Crippen molar-refractivity contribution in [1.82, 2.24) is 0 Å². The molecule has 0 heteroatoms. The SMILES string of the molecule is CC.CC.CC1CCCC2C(CCC3C2CCC2(C)C(C(C)C)CCC32)C1. The largest absolute Gasteiger partial charge is 0.0683 e. The van der Waals surface area contributed by atoms with Crippen LogP contribution in [0.25, 0.3) is 0 Å². The van der Waals surface area contributed by atoms with Gasteiger partial charge in [0.05, 0.1) is 0 Å². The molecule has 0 nitrogen and oxygen atoms in total. The van der Waals surface area contributed by atoms with Gasteiger partial charge in [-0.3, -0.25) is 0 Å². The summed E-state index contributed by atoms with van der Waals surface area (Å²) in [7, 11) is 0. The fourth-order valence-electron chi connectivity index (χ4n) is 8.45. The van der Waals surface area contributed by atoms with Crippen LogP contribution in [0.15, 0.2) is 0 Å². The number of fused-ring (bicyclic) bond motifs is 5. The quantitative estimate of drug-likeness (QED) is 0.428. The van der Waals surface area contributed by atoms with E-state index < -0.39 is 0 Å². The highest BCUT2D eigenvalue weighted by molar-refractivity contribution is 5.06. The summed E-state index contributed by atoms with van der Waals surface area (Å²) in [5.41, 5.74) is 0.695. The lowest BCUT2D eigenvalue weighted by molar-refractivity contribution is -0.0602. The second-order valence-electron chi connectivity index (χ2n) is 10.7. The van der Waals surface area contributed by atoms with E-state index in [1.807, 2.05) is 27.7 Å². The third-order valence-corrected chi connectivity index (χ3v) is 9.34. The lowest BCUT2D eigenvalue weighted by atomic mass is 9.50. The maximum Gasteiger partial charge on any atom is -0.0264 e.